The quantitative estimate of drug-likeness (QED) is 0.735. The molecule has 0 fully saturated rings. The number of carbonyl (C=O) groups is 2. The molecule has 0 spiro atoms. The summed E-state index contributed by atoms with van der Waals surface area (Å²) in [6, 6.07) is 14.4. The molecule has 0 aliphatic rings. The predicted molar refractivity (Wildman–Crippen MR) is 98.5 cm³/mol. The van der Waals surface area contributed by atoms with E-state index < -0.39 is 12.1 Å². The number of aryl methyl sites for hydroxylation is 1. The first kappa shape index (κ1) is 19.3. The molecular weight excluding hydrogens is 334 g/mol. The second kappa shape index (κ2) is 9.46. The standard InChI is InChI=1S/C20H23NO5/c1-14(20(23)21-16-7-5-4-6-8-16)26-19(22)10-9-15-11-17(24-2)13-18(12-15)25-3/h4-8,11-14H,9-10H2,1-3H3,(H,21,23)/t14-/m0/s1. The number of carbonyl (C=O) groups excluding carboxylic acids is 2. The molecule has 2 rings (SSSR count). The van der Waals surface area contributed by atoms with Crippen molar-refractivity contribution >= 4 is 17.6 Å². The van der Waals surface area contributed by atoms with Crippen molar-refractivity contribution in [2.45, 2.75) is 25.9 Å². The molecule has 0 aliphatic carbocycles. The van der Waals surface area contributed by atoms with Gasteiger partial charge in [0, 0.05) is 18.2 Å². The van der Waals surface area contributed by atoms with Gasteiger partial charge in [-0.15, -0.1) is 0 Å². The number of hydrogen-bond acceptors (Lipinski definition) is 5. The van der Waals surface area contributed by atoms with Crippen molar-refractivity contribution in [1.29, 1.82) is 0 Å². The van der Waals surface area contributed by atoms with E-state index >= 15 is 0 Å². The van der Waals surface area contributed by atoms with Gasteiger partial charge in [0.2, 0.25) is 0 Å². The molecule has 138 valence electrons. The fourth-order valence-electron chi connectivity index (χ4n) is 2.33. The molecular formula is C20H23NO5. The summed E-state index contributed by atoms with van der Waals surface area (Å²) in [6.45, 7) is 1.55. The van der Waals surface area contributed by atoms with Crippen LogP contribution in [0.15, 0.2) is 48.5 Å². The van der Waals surface area contributed by atoms with Gasteiger partial charge in [0.1, 0.15) is 11.5 Å². The Morgan fingerprint density at radius 3 is 2.19 bits per heavy atom. The van der Waals surface area contributed by atoms with Gasteiger partial charge in [-0.3, -0.25) is 9.59 Å². The van der Waals surface area contributed by atoms with Gasteiger partial charge in [-0.1, -0.05) is 18.2 Å². The van der Waals surface area contributed by atoms with Crippen LogP contribution in [0, 0.1) is 0 Å². The first-order valence-corrected chi connectivity index (χ1v) is 8.29. The summed E-state index contributed by atoms with van der Waals surface area (Å²) in [4.78, 5) is 24.1. The summed E-state index contributed by atoms with van der Waals surface area (Å²) < 4.78 is 15.6. The number of ether oxygens (including phenoxy) is 3. The zero-order valence-corrected chi connectivity index (χ0v) is 15.2. The number of benzene rings is 2. The largest absolute Gasteiger partial charge is 0.497 e. The molecule has 0 bridgehead atoms. The molecule has 1 atom stereocenters. The lowest BCUT2D eigenvalue weighted by Gasteiger charge is -2.14. The highest BCUT2D eigenvalue weighted by molar-refractivity contribution is 5.95. The lowest BCUT2D eigenvalue weighted by atomic mass is 10.1. The van der Waals surface area contributed by atoms with Gasteiger partial charge in [0.25, 0.3) is 5.91 Å². The van der Waals surface area contributed by atoms with Gasteiger partial charge in [0.05, 0.1) is 14.2 Å². The summed E-state index contributed by atoms with van der Waals surface area (Å²) in [5, 5.41) is 2.70. The minimum Gasteiger partial charge on any atom is -0.497 e. The van der Waals surface area contributed by atoms with Crippen LogP contribution in [0.2, 0.25) is 0 Å². The molecule has 0 aromatic heterocycles. The summed E-state index contributed by atoms with van der Waals surface area (Å²) in [6.07, 6.45) is -0.263. The van der Waals surface area contributed by atoms with E-state index in [1.165, 1.54) is 0 Å². The number of hydrogen-bond donors (Lipinski definition) is 1. The second-order valence-electron chi connectivity index (χ2n) is 5.71. The van der Waals surface area contributed by atoms with Gasteiger partial charge < -0.3 is 19.5 Å². The third-order valence-electron chi connectivity index (χ3n) is 3.75. The Balaban J connectivity index is 1.85. The molecule has 1 amide bonds. The van der Waals surface area contributed by atoms with Crippen molar-refractivity contribution in [3.8, 4) is 11.5 Å². The van der Waals surface area contributed by atoms with Crippen molar-refractivity contribution in [1.82, 2.24) is 0 Å². The maximum atomic E-state index is 12.1. The molecule has 0 unspecified atom stereocenters. The molecule has 6 heteroatoms. The summed E-state index contributed by atoms with van der Waals surface area (Å²) in [5.41, 5.74) is 1.54. The van der Waals surface area contributed by atoms with E-state index in [1.807, 2.05) is 30.3 Å². The number of nitrogens with one attached hydrogen (secondary N) is 1. The average Bonchev–Trinajstić information content (AvgIpc) is 2.66. The van der Waals surface area contributed by atoms with Crippen molar-refractivity contribution < 1.29 is 23.8 Å². The zero-order valence-electron chi connectivity index (χ0n) is 15.2. The first-order valence-electron chi connectivity index (χ1n) is 8.29. The number of methoxy groups -OCH3 is 2. The second-order valence-corrected chi connectivity index (χ2v) is 5.71. The topological polar surface area (TPSA) is 73.9 Å². The average molecular weight is 357 g/mol. The van der Waals surface area contributed by atoms with Crippen molar-refractivity contribution in [3.05, 3.63) is 54.1 Å². The van der Waals surface area contributed by atoms with E-state index in [0.29, 0.717) is 23.6 Å². The van der Waals surface area contributed by atoms with Crippen LogP contribution in [0.25, 0.3) is 0 Å². The van der Waals surface area contributed by atoms with Gasteiger partial charge in [-0.2, -0.15) is 0 Å². The normalized spacial score (nSPS) is 11.3. The smallest absolute Gasteiger partial charge is 0.306 e. The van der Waals surface area contributed by atoms with Crippen LogP contribution < -0.4 is 14.8 Å². The highest BCUT2D eigenvalue weighted by Gasteiger charge is 2.18. The monoisotopic (exact) mass is 357 g/mol. The van der Waals surface area contributed by atoms with Crippen LogP contribution in [-0.2, 0) is 20.7 Å². The SMILES string of the molecule is COc1cc(CCC(=O)O[C@@H](C)C(=O)Nc2ccccc2)cc(OC)c1. The van der Waals surface area contributed by atoms with Crippen molar-refractivity contribution in [2.75, 3.05) is 19.5 Å². The van der Waals surface area contributed by atoms with E-state index in [4.69, 9.17) is 14.2 Å². The van der Waals surface area contributed by atoms with Crippen LogP contribution in [-0.4, -0.2) is 32.2 Å². The molecule has 6 nitrogen and oxygen atoms in total. The minimum absolute atomic E-state index is 0.152. The minimum atomic E-state index is -0.873. The molecule has 2 aromatic carbocycles. The van der Waals surface area contributed by atoms with Crippen LogP contribution >= 0.6 is 0 Å². The van der Waals surface area contributed by atoms with E-state index in [9.17, 15) is 9.59 Å². The van der Waals surface area contributed by atoms with Crippen molar-refractivity contribution in [3.63, 3.8) is 0 Å². The number of amides is 1. The van der Waals surface area contributed by atoms with Crippen LogP contribution in [0.5, 0.6) is 11.5 Å². The number of para-hydroxylation sites is 1. The predicted octanol–water partition coefficient (Wildman–Crippen LogP) is 3.21. The Kier molecular flexibility index (Phi) is 7.02. The summed E-state index contributed by atoms with van der Waals surface area (Å²) >= 11 is 0. The lowest BCUT2D eigenvalue weighted by Crippen LogP contribution is -2.30. The van der Waals surface area contributed by atoms with Crippen LogP contribution in [0.1, 0.15) is 18.9 Å². The lowest BCUT2D eigenvalue weighted by molar-refractivity contribution is -0.153. The van der Waals surface area contributed by atoms with Crippen molar-refractivity contribution in [2.24, 2.45) is 0 Å². The maximum Gasteiger partial charge on any atom is 0.306 e. The fourth-order valence-corrected chi connectivity index (χ4v) is 2.33. The highest BCUT2D eigenvalue weighted by Crippen LogP contribution is 2.23. The van der Waals surface area contributed by atoms with E-state index in [1.54, 1.807) is 39.3 Å². The molecule has 0 saturated heterocycles. The Labute approximate surface area is 153 Å². The van der Waals surface area contributed by atoms with Gasteiger partial charge >= 0.3 is 5.97 Å². The number of rotatable bonds is 8. The summed E-state index contributed by atoms with van der Waals surface area (Å²) in [7, 11) is 3.14. The highest BCUT2D eigenvalue weighted by atomic mass is 16.5. The van der Waals surface area contributed by atoms with Gasteiger partial charge in [0.15, 0.2) is 6.10 Å². The maximum absolute atomic E-state index is 12.1. The van der Waals surface area contributed by atoms with Gasteiger partial charge in [-0.05, 0) is 43.2 Å². The Morgan fingerprint density at radius 1 is 1.00 bits per heavy atom. The molecule has 0 aliphatic heterocycles. The van der Waals surface area contributed by atoms with Gasteiger partial charge in [-0.25, -0.2) is 0 Å². The molecule has 0 radical (unpaired) electrons. The number of esters is 1. The molecule has 0 saturated carbocycles. The van der Waals surface area contributed by atoms with Crippen LogP contribution in [0.4, 0.5) is 5.69 Å². The fraction of sp³-hybridized carbons (Fsp3) is 0.300. The molecule has 26 heavy (non-hydrogen) atoms. The molecule has 2 aromatic rings. The Bertz CT molecular complexity index is 723. The Hall–Kier alpha value is -3.02. The van der Waals surface area contributed by atoms with Crippen LogP contribution in [0.3, 0.4) is 0 Å². The molecule has 1 N–H and O–H groups in total. The third kappa shape index (κ3) is 5.81. The first-order chi connectivity index (χ1) is 12.5. The third-order valence-corrected chi connectivity index (χ3v) is 3.75. The van der Waals surface area contributed by atoms with E-state index in [0.717, 1.165) is 5.56 Å². The van der Waals surface area contributed by atoms with E-state index in [-0.39, 0.29) is 12.3 Å². The summed E-state index contributed by atoms with van der Waals surface area (Å²) in [5.74, 6) is 0.502. The zero-order chi connectivity index (χ0) is 18.9. The van der Waals surface area contributed by atoms with E-state index in [2.05, 4.69) is 5.32 Å². The number of anilines is 1. The Morgan fingerprint density at radius 2 is 1.62 bits per heavy atom. The molecule has 0 heterocycles.